The van der Waals surface area contributed by atoms with Gasteiger partial charge in [-0.05, 0) is 63.8 Å². The van der Waals surface area contributed by atoms with Crippen molar-refractivity contribution in [3.8, 4) is 6.07 Å². The third kappa shape index (κ3) is 4.25. The highest BCUT2D eigenvalue weighted by atomic mass is 32.2. The lowest BCUT2D eigenvalue weighted by Gasteiger charge is -2.32. The maximum absolute atomic E-state index is 9.66. The van der Waals surface area contributed by atoms with Gasteiger partial charge in [-0.2, -0.15) is 5.26 Å². The Morgan fingerprint density at radius 1 is 1.38 bits per heavy atom. The summed E-state index contributed by atoms with van der Waals surface area (Å²) in [6, 6.07) is 11.7. The number of aryl methyl sites for hydroxylation is 1. The van der Waals surface area contributed by atoms with Gasteiger partial charge in [-0.25, -0.2) is 0 Å². The van der Waals surface area contributed by atoms with Crippen molar-refractivity contribution in [3.63, 3.8) is 0 Å². The molecule has 1 aliphatic carbocycles. The minimum Gasteiger partial charge on any atom is -0.297 e. The first-order valence-electron chi connectivity index (χ1n) is 7.94. The van der Waals surface area contributed by atoms with Gasteiger partial charge in [0.05, 0.1) is 6.07 Å². The van der Waals surface area contributed by atoms with Gasteiger partial charge in [0.25, 0.3) is 0 Å². The molecule has 1 fully saturated rings. The molecular weight excluding hydrogens is 276 g/mol. The average Bonchev–Trinajstić information content (AvgIpc) is 2.84. The molecule has 2 unspecified atom stereocenters. The molecule has 0 heterocycles. The molecule has 0 bridgehead atoms. The molecule has 1 saturated carbocycles. The maximum atomic E-state index is 9.66. The highest BCUT2D eigenvalue weighted by Crippen LogP contribution is 2.39. The number of hydrogen-bond donors (Lipinski definition) is 1. The molecule has 1 aromatic carbocycles. The van der Waals surface area contributed by atoms with Crippen LogP contribution in [0.15, 0.2) is 29.2 Å². The Morgan fingerprint density at radius 3 is 2.71 bits per heavy atom. The predicted molar refractivity (Wildman–Crippen MR) is 90.5 cm³/mol. The first-order chi connectivity index (χ1) is 10.1. The lowest BCUT2D eigenvalue weighted by molar-refractivity contribution is 0.289. The van der Waals surface area contributed by atoms with Crippen molar-refractivity contribution >= 4 is 11.8 Å². The van der Waals surface area contributed by atoms with Gasteiger partial charge < -0.3 is 0 Å². The van der Waals surface area contributed by atoms with Crippen LogP contribution in [0, 0.1) is 24.2 Å². The Labute approximate surface area is 133 Å². The zero-order valence-electron chi connectivity index (χ0n) is 13.4. The summed E-state index contributed by atoms with van der Waals surface area (Å²) in [5, 5.41) is 13.2. The second-order valence-electron chi connectivity index (χ2n) is 6.42. The zero-order valence-corrected chi connectivity index (χ0v) is 14.2. The van der Waals surface area contributed by atoms with E-state index in [0.29, 0.717) is 12.0 Å². The van der Waals surface area contributed by atoms with Gasteiger partial charge in [0.2, 0.25) is 0 Å². The van der Waals surface area contributed by atoms with E-state index >= 15 is 0 Å². The van der Waals surface area contributed by atoms with E-state index in [1.807, 2.05) is 11.8 Å². The van der Waals surface area contributed by atoms with Crippen LogP contribution in [0.5, 0.6) is 0 Å². The summed E-state index contributed by atoms with van der Waals surface area (Å²) in [6.45, 7) is 6.39. The Kier molecular flexibility index (Phi) is 5.72. The van der Waals surface area contributed by atoms with Gasteiger partial charge in [0, 0.05) is 10.9 Å². The van der Waals surface area contributed by atoms with E-state index in [-0.39, 0.29) is 5.54 Å². The molecule has 0 aromatic heterocycles. The van der Waals surface area contributed by atoms with E-state index in [4.69, 9.17) is 0 Å². The number of thioether (sulfide) groups is 1. The first kappa shape index (κ1) is 16.4. The lowest BCUT2D eigenvalue weighted by Crippen LogP contribution is -2.50. The van der Waals surface area contributed by atoms with Crippen molar-refractivity contribution in [3.05, 3.63) is 29.8 Å². The highest BCUT2D eigenvalue weighted by Gasteiger charge is 2.42. The molecule has 0 amide bonds. The molecule has 2 nitrogen and oxygen atoms in total. The molecule has 1 aliphatic rings. The summed E-state index contributed by atoms with van der Waals surface area (Å²) < 4.78 is 0. The van der Waals surface area contributed by atoms with Crippen LogP contribution in [0.25, 0.3) is 0 Å². The van der Waals surface area contributed by atoms with Crippen LogP contribution in [0.4, 0.5) is 0 Å². The van der Waals surface area contributed by atoms with Crippen LogP contribution >= 0.6 is 11.8 Å². The fourth-order valence-electron chi connectivity index (χ4n) is 3.31. The number of nitrogens with zero attached hydrogens (tertiary/aromatic N) is 1. The molecule has 2 atom stereocenters. The standard InChI is InChI=1S/C18H26N2S/c1-14(2)20-18(13-19)11-4-5-16(18)10-12-21-17-8-6-15(3)7-9-17/h6-9,14,16,20H,4-5,10-12H2,1-3H3. The van der Waals surface area contributed by atoms with Gasteiger partial charge in [-0.15, -0.1) is 11.8 Å². The van der Waals surface area contributed by atoms with Crippen LogP contribution in [0.3, 0.4) is 0 Å². The van der Waals surface area contributed by atoms with Crippen molar-refractivity contribution in [1.29, 1.82) is 5.26 Å². The summed E-state index contributed by atoms with van der Waals surface area (Å²) in [4.78, 5) is 1.33. The van der Waals surface area contributed by atoms with E-state index in [2.05, 4.69) is 56.4 Å². The molecule has 21 heavy (non-hydrogen) atoms. The van der Waals surface area contributed by atoms with E-state index in [1.54, 1.807) is 0 Å². The zero-order chi connectivity index (χ0) is 15.3. The molecule has 1 N–H and O–H groups in total. The summed E-state index contributed by atoms with van der Waals surface area (Å²) in [6.07, 6.45) is 4.47. The van der Waals surface area contributed by atoms with Crippen molar-refractivity contribution in [2.24, 2.45) is 5.92 Å². The molecule has 2 rings (SSSR count). The van der Waals surface area contributed by atoms with Gasteiger partial charge >= 0.3 is 0 Å². The number of rotatable bonds is 6. The van der Waals surface area contributed by atoms with E-state index in [9.17, 15) is 5.26 Å². The van der Waals surface area contributed by atoms with Gasteiger partial charge in [0.1, 0.15) is 5.54 Å². The number of benzene rings is 1. The Morgan fingerprint density at radius 2 is 2.10 bits per heavy atom. The largest absolute Gasteiger partial charge is 0.297 e. The second kappa shape index (κ2) is 7.33. The minimum absolute atomic E-state index is 0.290. The van der Waals surface area contributed by atoms with Crippen LogP contribution in [0.2, 0.25) is 0 Å². The molecular formula is C18H26N2S. The van der Waals surface area contributed by atoms with Crippen molar-refractivity contribution in [1.82, 2.24) is 5.32 Å². The highest BCUT2D eigenvalue weighted by molar-refractivity contribution is 7.99. The second-order valence-corrected chi connectivity index (χ2v) is 7.59. The van der Waals surface area contributed by atoms with Gasteiger partial charge in [-0.3, -0.25) is 5.32 Å². The van der Waals surface area contributed by atoms with Crippen LogP contribution < -0.4 is 5.32 Å². The number of hydrogen-bond acceptors (Lipinski definition) is 3. The smallest absolute Gasteiger partial charge is 0.109 e. The Bertz CT molecular complexity index is 489. The van der Waals surface area contributed by atoms with Crippen molar-refractivity contribution in [2.75, 3.05) is 5.75 Å². The SMILES string of the molecule is Cc1ccc(SCCC2CCCC2(C#N)NC(C)C)cc1. The Hall–Kier alpha value is -0.980. The third-order valence-corrected chi connectivity index (χ3v) is 5.37. The van der Waals surface area contributed by atoms with Crippen LogP contribution in [-0.2, 0) is 0 Å². The minimum atomic E-state index is -0.290. The van der Waals surface area contributed by atoms with E-state index in [0.717, 1.165) is 18.6 Å². The fourth-order valence-corrected chi connectivity index (χ4v) is 4.27. The quantitative estimate of drug-likeness (QED) is 0.784. The Balaban J connectivity index is 1.89. The van der Waals surface area contributed by atoms with Gasteiger partial charge in [0.15, 0.2) is 0 Å². The fraction of sp³-hybridized carbons (Fsp3) is 0.611. The summed E-state index contributed by atoms with van der Waals surface area (Å²) in [5.41, 5.74) is 1.02. The average molecular weight is 302 g/mol. The normalized spacial score (nSPS) is 25.2. The number of nitrogens with one attached hydrogen (secondary N) is 1. The van der Waals surface area contributed by atoms with Crippen LogP contribution in [-0.4, -0.2) is 17.3 Å². The summed E-state index contributed by atoms with van der Waals surface area (Å²) in [7, 11) is 0. The first-order valence-corrected chi connectivity index (χ1v) is 8.93. The van der Waals surface area contributed by atoms with E-state index in [1.165, 1.54) is 23.3 Å². The topological polar surface area (TPSA) is 35.8 Å². The maximum Gasteiger partial charge on any atom is 0.109 e. The number of nitriles is 1. The monoisotopic (exact) mass is 302 g/mol. The molecule has 0 radical (unpaired) electrons. The molecule has 3 heteroatoms. The molecule has 0 saturated heterocycles. The molecule has 0 aliphatic heterocycles. The van der Waals surface area contributed by atoms with E-state index < -0.39 is 0 Å². The lowest BCUT2D eigenvalue weighted by atomic mass is 9.86. The van der Waals surface area contributed by atoms with Crippen molar-refractivity contribution in [2.45, 2.75) is 62.9 Å². The summed E-state index contributed by atoms with van der Waals surface area (Å²) in [5.74, 6) is 1.58. The van der Waals surface area contributed by atoms with Crippen molar-refractivity contribution < 1.29 is 0 Å². The van der Waals surface area contributed by atoms with Gasteiger partial charge in [-0.1, -0.05) is 24.1 Å². The molecule has 1 aromatic rings. The molecule has 114 valence electrons. The molecule has 0 spiro atoms. The predicted octanol–water partition coefficient (Wildman–Crippen LogP) is 4.54. The van der Waals surface area contributed by atoms with Crippen LogP contribution in [0.1, 0.15) is 45.1 Å². The summed E-state index contributed by atoms with van der Waals surface area (Å²) >= 11 is 1.91. The third-order valence-electron chi connectivity index (χ3n) is 4.32.